The maximum absolute atomic E-state index is 12.5. The van der Waals surface area contributed by atoms with E-state index in [2.05, 4.69) is 10.6 Å². The molecule has 0 spiro atoms. The van der Waals surface area contributed by atoms with E-state index in [4.69, 9.17) is 4.74 Å². The number of ketones is 1. The molecule has 1 aliphatic heterocycles. The molecule has 1 aliphatic carbocycles. The zero-order valence-corrected chi connectivity index (χ0v) is 16.5. The SMILES string of the molecule is CC(=O)c1ccc(NC(=O)C(C)OC(=O)CN2C(=O)NC(C)(C3CC3)C2=O)cc1. The molecule has 29 heavy (non-hydrogen) atoms. The fourth-order valence-corrected chi connectivity index (χ4v) is 3.25. The normalized spacial score (nSPS) is 22.1. The lowest BCUT2D eigenvalue weighted by Crippen LogP contribution is -2.46. The molecule has 1 aromatic carbocycles. The zero-order chi connectivity index (χ0) is 21.3. The van der Waals surface area contributed by atoms with E-state index >= 15 is 0 Å². The molecule has 3 rings (SSSR count). The molecule has 1 aromatic rings. The van der Waals surface area contributed by atoms with Crippen LogP contribution >= 0.6 is 0 Å². The Balaban J connectivity index is 1.53. The van der Waals surface area contributed by atoms with E-state index in [9.17, 15) is 24.0 Å². The van der Waals surface area contributed by atoms with Gasteiger partial charge in [0, 0.05) is 11.3 Å². The summed E-state index contributed by atoms with van der Waals surface area (Å²) in [6.45, 7) is 3.92. The van der Waals surface area contributed by atoms with E-state index in [0.29, 0.717) is 11.3 Å². The van der Waals surface area contributed by atoms with E-state index in [1.165, 1.54) is 13.8 Å². The quantitative estimate of drug-likeness (QED) is 0.405. The van der Waals surface area contributed by atoms with Gasteiger partial charge in [-0.2, -0.15) is 0 Å². The number of esters is 1. The Hall–Kier alpha value is -3.23. The number of benzene rings is 1. The number of imide groups is 1. The summed E-state index contributed by atoms with van der Waals surface area (Å²) in [6, 6.07) is 5.64. The third-order valence-electron chi connectivity index (χ3n) is 5.22. The van der Waals surface area contributed by atoms with Crippen molar-refractivity contribution in [2.75, 3.05) is 11.9 Å². The fourth-order valence-electron chi connectivity index (χ4n) is 3.25. The van der Waals surface area contributed by atoms with E-state index < -0.39 is 42.0 Å². The number of amides is 4. The van der Waals surface area contributed by atoms with E-state index in [1.54, 1.807) is 31.2 Å². The van der Waals surface area contributed by atoms with Gasteiger partial charge in [-0.3, -0.25) is 24.1 Å². The van der Waals surface area contributed by atoms with Gasteiger partial charge >= 0.3 is 12.0 Å². The maximum Gasteiger partial charge on any atom is 0.327 e. The van der Waals surface area contributed by atoms with Crippen LogP contribution in [0.5, 0.6) is 0 Å². The van der Waals surface area contributed by atoms with Crippen molar-refractivity contribution in [1.82, 2.24) is 10.2 Å². The summed E-state index contributed by atoms with van der Waals surface area (Å²) in [5.41, 5.74) is -0.0294. The minimum absolute atomic E-state index is 0.0825. The predicted molar refractivity (Wildman–Crippen MR) is 102 cm³/mol. The number of urea groups is 1. The van der Waals surface area contributed by atoms with E-state index in [0.717, 1.165) is 17.7 Å². The number of hydrogen-bond donors (Lipinski definition) is 2. The second-order valence-corrected chi connectivity index (χ2v) is 7.55. The molecular weight excluding hydrogens is 378 g/mol. The molecule has 0 aromatic heterocycles. The van der Waals surface area contributed by atoms with E-state index in [1.807, 2.05) is 0 Å². The molecule has 9 heteroatoms. The number of rotatable bonds is 7. The maximum atomic E-state index is 12.5. The van der Waals surface area contributed by atoms with Crippen LogP contribution in [0.4, 0.5) is 10.5 Å². The summed E-state index contributed by atoms with van der Waals surface area (Å²) in [5, 5.41) is 5.22. The zero-order valence-electron chi connectivity index (χ0n) is 16.5. The van der Waals surface area contributed by atoms with Gasteiger partial charge in [-0.25, -0.2) is 4.79 Å². The summed E-state index contributed by atoms with van der Waals surface area (Å²) >= 11 is 0. The molecule has 1 heterocycles. The third-order valence-corrected chi connectivity index (χ3v) is 5.22. The Labute approximate surface area is 167 Å². The number of nitrogens with zero attached hydrogens (tertiary/aromatic N) is 1. The van der Waals surface area contributed by atoms with Gasteiger partial charge in [0.1, 0.15) is 12.1 Å². The molecule has 4 amide bonds. The molecule has 0 radical (unpaired) electrons. The van der Waals surface area contributed by atoms with Crippen molar-refractivity contribution in [3.05, 3.63) is 29.8 Å². The number of Topliss-reactive ketones (excluding diaryl/α,β-unsaturated/α-hetero) is 1. The van der Waals surface area contributed by atoms with Crippen molar-refractivity contribution >= 4 is 35.3 Å². The Morgan fingerprint density at radius 3 is 2.41 bits per heavy atom. The summed E-state index contributed by atoms with van der Waals surface area (Å²) in [4.78, 5) is 61.1. The number of carbonyl (C=O) groups is 5. The molecular formula is C20H23N3O6. The average molecular weight is 401 g/mol. The first-order valence-corrected chi connectivity index (χ1v) is 9.37. The first-order valence-electron chi connectivity index (χ1n) is 9.37. The van der Waals surface area contributed by atoms with Crippen molar-refractivity contribution in [3.63, 3.8) is 0 Å². The van der Waals surface area contributed by atoms with Crippen LogP contribution in [0.15, 0.2) is 24.3 Å². The van der Waals surface area contributed by atoms with Gasteiger partial charge in [0.25, 0.3) is 11.8 Å². The van der Waals surface area contributed by atoms with Crippen LogP contribution in [0.3, 0.4) is 0 Å². The lowest BCUT2D eigenvalue weighted by molar-refractivity contribution is -0.155. The number of nitrogens with one attached hydrogen (secondary N) is 2. The smallest absolute Gasteiger partial charge is 0.327 e. The molecule has 2 atom stereocenters. The van der Waals surface area contributed by atoms with Gasteiger partial charge in [0.15, 0.2) is 11.9 Å². The second-order valence-electron chi connectivity index (χ2n) is 7.55. The highest BCUT2D eigenvalue weighted by molar-refractivity contribution is 6.09. The predicted octanol–water partition coefficient (Wildman–Crippen LogP) is 1.48. The molecule has 2 fully saturated rings. The van der Waals surface area contributed by atoms with Crippen LogP contribution < -0.4 is 10.6 Å². The number of ether oxygens (including phenoxy) is 1. The van der Waals surface area contributed by atoms with Gasteiger partial charge in [-0.15, -0.1) is 0 Å². The first kappa shape index (κ1) is 20.5. The molecule has 9 nitrogen and oxygen atoms in total. The Bertz CT molecular complexity index is 877. The highest BCUT2D eigenvalue weighted by Gasteiger charge is 2.56. The summed E-state index contributed by atoms with van der Waals surface area (Å²) in [5.74, 6) is -1.90. The average Bonchev–Trinajstić information content (AvgIpc) is 3.48. The van der Waals surface area contributed by atoms with Crippen LogP contribution in [0.2, 0.25) is 0 Å². The lowest BCUT2D eigenvalue weighted by Gasteiger charge is -2.21. The Kier molecular flexibility index (Phi) is 5.41. The molecule has 2 aliphatic rings. The van der Waals surface area contributed by atoms with Gasteiger partial charge in [0.2, 0.25) is 0 Å². The molecule has 2 N–H and O–H groups in total. The minimum Gasteiger partial charge on any atom is -0.451 e. The summed E-state index contributed by atoms with van der Waals surface area (Å²) in [7, 11) is 0. The van der Waals surface area contributed by atoms with Crippen molar-refractivity contribution in [1.29, 1.82) is 0 Å². The van der Waals surface area contributed by atoms with Crippen molar-refractivity contribution in [3.8, 4) is 0 Å². The van der Waals surface area contributed by atoms with E-state index in [-0.39, 0.29) is 11.7 Å². The van der Waals surface area contributed by atoms with Crippen molar-refractivity contribution in [2.45, 2.75) is 45.3 Å². The second kappa shape index (κ2) is 7.65. The van der Waals surface area contributed by atoms with Gasteiger partial charge in [0.05, 0.1) is 0 Å². The molecule has 2 unspecified atom stereocenters. The minimum atomic E-state index is -1.13. The van der Waals surface area contributed by atoms with Gasteiger partial charge in [-0.1, -0.05) is 0 Å². The summed E-state index contributed by atoms with van der Waals surface area (Å²) < 4.78 is 5.07. The van der Waals surface area contributed by atoms with Crippen LogP contribution in [-0.2, 0) is 19.1 Å². The van der Waals surface area contributed by atoms with Crippen LogP contribution in [0.25, 0.3) is 0 Å². The Morgan fingerprint density at radius 2 is 1.86 bits per heavy atom. The van der Waals surface area contributed by atoms with Gasteiger partial charge in [-0.05, 0) is 63.8 Å². The third kappa shape index (κ3) is 4.28. The monoisotopic (exact) mass is 401 g/mol. The number of anilines is 1. The van der Waals surface area contributed by atoms with Crippen LogP contribution in [0.1, 0.15) is 44.0 Å². The number of carbonyl (C=O) groups excluding carboxylic acids is 5. The molecule has 1 saturated heterocycles. The molecule has 0 bridgehead atoms. The van der Waals surface area contributed by atoms with Crippen molar-refractivity contribution in [2.24, 2.45) is 5.92 Å². The van der Waals surface area contributed by atoms with Gasteiger partial charge < -0.3 is 15.4 Å². The largest absolute Gasteiger partial charge is 0.451 e. The molecule has 1 saturated carbocycles. The van der Waals surface area contributed by atoms with Crippen LogP contribution in [-0.4, -0.2) is 52.7 Å². The van der Waals surface area contributed by atoms with Crippen LogP contribution in [0, 0.1) is 5.92 Å². The lowest BCUT2D eigenvalue weighted by atomic mass is 9.96. The number of hydrogen-bond acceptors (Lipinski definition) is 6. The summed E-state index contributed by atoms with van der Waals surface area (Å²) in [6.07, 6.45) is 0.571. The highest BCUT2D eigenvalue weighted by Crippen LogP contribution is 2.42. The molecule has 154 valence electrons. The fraction of sp³-hybridized carbons (Fsp3) is 0.450. The highest BCUT2D eigenvalue weighted by atomic mass is 16.5. The standard InChI is InChI=1S/C20H23N3O6/c1-11(24)13-4-8-15(9-5-13)21-17(26)12(2)29-16(25)10-23-18(27)20(3,14-6-7-14)22-19(23)28/h4-5,8-9,12,14H,6-7,10H2,1-3H3,(H,21,26)(H,22,28). The van der Waals surface area contributed by atoms with Crippen molar-refractivity contribution < 1.29 is 28.7 Å². The Morgan fingerprint density at radius 1 is 1.24 bits per heavy atom. The first-order chi connectivity index (χ1) is 13.6. The topological polar surface area (TPSA) is 122 Å².